The van der Waals surface area contributed by atoms with Crippen LogP contribution in [0.1, 0.15) is 35.6 Å². The van der Waals surface area contributed by atoms with Gasteiger partial charge in [-0.3, -0.25) is 9.63 Å². The Balaban J connectivity index is 1.93. The van der Waals surface area contributed by atoms with E-state index in [4.69, 9.17) is 27.4 Å². The molecule has 168 valence electrons. The van der Waals surface area contributed by atoms with Crippen LogP contribution in [-0.4, -0.2) is 27.7 Å². The third kappa shape index (κ3) is 4.10. The molecule has 1 aliphatic rings. The second-order valence-electron chi connectivity index (χ2n) is 7.18. The first-order chi connectivity index (χ1) is 14.8. The summed E-state index contributed by atoms with van der Waals surface area (Å²) in [4.78, 5) is 25.0. The van der Waals surface area contributed by atoms with Crippen molar-refractivity contribution in [3.63, 3.8) is 0 Å². The summed E-state index contributed by atoms with van der Waals surface area (Å²) in [7, 11) is 0. The molecule has 0 aliphatic carbocycles. The Morgan fingerprint density at radius 3 is 2.62 bits per heavy atom. The molecule has 3 rings (SSSR count). The quantitative estimate of drug-likeness (QED) is 0.587. The number of hydroxylamine groups is 1. The number of amides is 1. The molecule has 0 aromatic carbocycles. The highest BCUT2D eigenvalue weighted by Gasteiger charge is 2.58. The van der Waals surface area contributed by atoms with Crippen LogP contribution in [0.3, 0.4) is 0 Å². The zero-order valence-corrected chi connectivity index (χ0v) is 17.3. The standard InChI is InChI=1S/C19H15ClF4N6O2/c1-17(6-12(26)18(2,32-30-17)19(22,23)24)15-11(21)3-4-13(28-15)29-16(31)14-10(20)5-9(7-25)8-27-14/h3-6,8,30H,26H2,1-2H3,(H,28,29,31)/t17-,18+/m0/s1. The van der Waals surface area contributed by atoms with Gasteiger partial charge in [0.2, 0.25) is 5.60 Å². The van der Waals surface area contributed by atoms with Crippen molar-refractivity contribution >= 4 is 23.3 Å². The van der Waals surface area contributed by atoms with Gasteiger partial charge in [-0.05, 0) is 38.1 Å². The number of nitrogens with zero attached hydrogens (tertiary/aromatic N) is 3. The van der Waals surface area contributed by atoms with E-state index in [2.05, 4.69) is 20.8 Å². The van der Waals surface area contributed by atoms with Crippen molar-refractivity contribution in [3.8, 4) is 6.07 Å². The molecule has 0 fully saturated rings. The van der Waals surface area contributed by atoms with Crippen LogP contribution in [0.2, 0.25) is 5.02 Å². The number of carbonyl (C=O) groups is 1. The summed E-state index contributed by atoms with van der Waals surface area (Å²) in [5.74, 6) is -1.84. The van der Waals surface area contributed by atoms with Gasteiger partial charge in [-0.25, -0.2) is 14.4 Å². The molecular weight excluding hydrogens is 456 g/mol. The van der Waals surface area contributed by atoms with Crippen LogP contribution in [-0.2, 0) is 10.4 Å². The van der Waals surface area contributed by atoms with Gasteiger partial charge in [0.15, 0.2) is 0 Å². The highest BCUT2D eigenvalue weighted by Crippen LogP contribution is 2.42. The van der Waals surface area contributed by atoms with E-state index in [1.165, 1.54) is 13.0 Å². The molecule has 0 unspecified atom stereocenters. The fraction of sp³-hybridized carbons (Fsp3) is 0.263. The Kier molecular flexibility index (Phi) is 5.86. The molecule has 13 heteroatoms. The second kappa shape index (κ2) is 8.01. The maximum absolute atomic E-state index is 14.5. The monoisotopic (exact) mass is 470 g/mol. The van der Waals surface area contributed by atoms with E-state index < -0.39 is 34.7 Å². The SMILES string of the molecule is C[C@@]1(c2nc(NC(=O)c3ncc(C#N)cc3Cl)ccc2F)C=C(N)[C@](C)(C(F)(F)F)ON1. The Morgan fingerprint density at radius 2 is 2.06 bits per heavy atom. The van der Waals surface area contributed by atoms with Crippen molar-refractivity contribution in [2.45, 2.75) is 31.2 Å². The molecule has 1 amide bonds. The molecule has 4 N–H and O–H groups in total. The summed E-state index contributed by atoms with van der Waals surface area (Å²) in [6.45, 7) is 2.02. The zero-order chi connectivity index (χ0) is 23.9. The molecule has 0 bridgehead atoms. The van der Waals surface area contributed by atoms with Crippen molar-refractivity contribution in [2.75, 3.05) is 5.32 Å². The lowest BCUT2D eigenvalue weighted by Crippen LogP contribution is -2.59. The number of nitrogens with one attached hydrogen (secondary N) is 2. The Morgan fingerprint density at radius 1 is 1.38 bits per heavy atom. The van der Waals surface area contributed by atoms with Gasteiger partial charge in [0.1, 0.15) is 34.6 Å². The second-order valence-corrected chi connectivity index (χ2v) is 7.59. The van der Waals surface area contributed by atoms with Crippen LogP contribution in [0.5, 0.6) is 0 Å². The van der Waals surface area contributed by atoms with Gasteiger partial charge in [-0.2, -0.15) is 23.9 Å². The molecule has 0 saturated heterocycles. The summed E-state index contributed by atoms with van der Waals surface area (Å²) in [5.41, 5.74) is 2.09. The average Bonchev–Trinajstić information content (AvgIpc) is 2.71. The molecule has 2 atom stereocenters. The van der Waals surface area contributed by atoms with Gasteiger partial charge >= 0.3 is 6.18 Å². The maximum atomic E-state index is 14.5. The topological polar surface area (TPSA) is 126 Å². The van der Waals surface area contributed by atoms with Crippen LogP contribution in [0.15, 0.2) is 36.2 Å². The number of hydrogen-bond acceptors (Lipinski definition) is 7. The van der Waals surface area contributed by atoms with Crippen molar-refractivity contribution in [2.24, 2.45) is 5.73 Å². The minimum atomic E-state index is -4.84. The lowest BCUT2D eigenvalue weighted by Gasteiger charge is -2.41. The minimum absolute atomic E-state index is 0.0969. The predicted octanol–water partition coefficient (Wildman–Crippen LogP) is 3.31. The third-order valence-corrected chi connectivity index (χ3v) is 5.06. The van der Waals surface area contributed by atoms with Crippen LogP contribution in [0, 0.1) is 17.1 Å². The van der Waals surface area contributed by atoms with E-state index in [-0.39, 0.29) is 27.8 Å². The van der Waals surface area contributed by atoms with Crippen LogP contribution >= 0.6 is 11.6 Å². The largest absolute Gasteiger partial charge is 0.424 e. The first-order valence-corrected chi connectivity index (χ1v) is 9.23. The van der Waals surface area contributed by atoms with Gasteiger partial charge in [-0.15, -0.1) is 0 Å². The van der Waals surface area contributed by atoms with Crippen LogP contribution < -0.4 is 16.5 Å². The number of hydrogen-bond donors (Lipinski definition) is 3. The van der Waals surface area contributed by atoms with E-state index in [0.29, 0.717) is 0 Å². The van der Waals surface area contributed by atoms with Crippen molar-refractivity contribution in [3.05, 3.63) is 64.0 Å². The van der Waals surface area contributed by atoms with Crippen molar-refractivity contribution in [1.29, 1.82) is 5.26 Å². The van der Waals surface area contributed by atoms with Gasteiger partial charge in [0.25, 0.3) is 5.91 Å². The lowest BCUT2D eigenvalue weighted by atomic mass is 9.89. The number of rotatable bonds is 3. The van der Waals surface area contributed by atoms with E-state index in [1.807, 2.05) is 6.07 Å². The average molecular weight is 471 g/mol. The lowest BCUT2D eigenvalue weighted by molar-refractivity contribution is -0.286. The van der Waals surface area contributed by atoms with Gasteiger partial charge < -0.3 is 11.1 Å². The third-order valence-electron chi connectivity index (χ3n) is 4.77. The first kappa shape index (κ1) is 23.4. The van der Waals surface area contributed by atoms with Gasteiger partial charge in [0, 0.05) is 6.20 Å². The molecule has 2 aromatic heterocycles. The molecule has 2 aromatic rings. The molecule has 3 heterocycles. The maximum Gasteiger partial charge on any atom is 0.424 e. The summed E-state index contributed by atoms with van der Waals surface area (Å²) < 4.78 is 54.4. The minimum Gasteiger partial charge on any atom is -0.400 e. The molecular formula is C19H15ClF4N6O2. The number of carbonyl (C=O) groups excluding carboxylic acids is 1. The predicted molar refractivity (Wildman–Crippen MR) is 104 cm³/mol. The van der Waals surface area contributed by atoms with Crippen LogP contribution in [0.4, 0.5) is 23.4 Å². The fourth-order valence-electron chi connectivity index (χ4n) is 2.80. The van der Waals surface area contributed by atoms with E-state index in [0.717, 1.165) is 31.3 Å². The van der Waals surface area contributed by atoms with E-state index in [1.54, 1.807) is 0 Å². The molecule has 0 spiro atoms. The summed E-state index contributed by atoms with van der Waals surface area (Å²) >= 11 is 5.95. The van der Waals surface area contributed by atoms with Crippen molar-refractivity contribution < 1.29 is 27.2 Å². The number of aromatic nitrogens is 2. The number of pyridine rings is 2. The van der Waals surface area contributed by atoms with E-state index in [9.17, 15) is 22.4 Å². The first-order valence-electron chi connectivity index (χ1n) is 8.85. The number of anilines is 1. The molecule has 1 aliphatic heterocycles. The highest BCUT2D eigenvalue weighted by molar-refractivity contribution is 6.34. The van der Waals surface area contributed by atoms with Crippen LogP contribution in [0.25, 0.3) is 0 Å². The number of halogens is 5. The number of alkyl halides is 3. The van der Waals surface area contributed by atoms with Gasteiger partial charge in [0.05, 0.1) is 16.3 Å². The van der Waals surface area contributed by atoms with E-state index >= 15 is 0 Å². The Hall–Kier alpha value is -3.27. The normalized spacial score (nSPS) is 23.2. The molecule has 32 heavy (non-hydrogen) atoms. The Labute approximate surface area is 184 Å². The molecule has 0 saturated carbocycles. The summed E-state index contributed by atoms with van der Waals surface area (Å²) in [5, 5.41) is 11.1. The smallest absolute Gasteiger partial charge is 0.400 e. The van der Waals surface area contributed by atoms with Gasteiger partial charge in [-0.1, -0.05) is 11.6 Å². The number of nitriles is 1. The fourth-order valence-corrected chi connectivity index (χ4v) is 3.05. The zero-order valence-electron chi connectivity index (χ0n) is 16.5. The van der Waals surface area contributed by atoms with Crippen molar-refractivity contribution in [1.82, 2.24) is 15.4 Å². The number of nitrogens with two attached hydrogens (primary N) is 1. The highest BCUT2D eigenvalue weighted by atomic mass is 35.5. The molecule has 8 nitrogen and oxygen atoms in total. The summed E-state index contributed by atoms with van der Waals surface area (Å²) in [6, 6.07) is 5.15. The molecule has 0 radical (unpaired) electrons. The summed E-state index contributed by atoms with van der Waals surface area (Å²) in [6.07, 6.45) is -2.75. The Bertz CT molecular complexity index is 1170.